The molecule has 2 aromatic heterocycles. The van der Waals surface area contributed by atoms with Crippen molar-refractivity contribution in [3.63, 3.8) is 0 Å². The maximum atomic E-state index is 12.6. The molecular formula is C19H17ClN4O3. The minimum Gasteiger partial charge on any atom is -0.469 e. The third-order valence-electron chi connectivity index (χ3n) is 4.53. The van der Waals surface area contributed by atoms with Gasteiger partial charge in [0.2, 0.25) is 11.8 Å². The van der Waals surface area contributed by atoms with Crippen LogP contribution in [0.2, 0.25) is 5.02 Å². The van der Waals surface area contributed by atoms with Crippen molar-refractivity contribution >= 4 is 35.1 Å². The van der Waals surface area contributed by atoms with Crippen LogP contribution in [0.5, 0.6) is 0 Å². The molecule has 0 aliphatic carbocycles. The van der Waals surface area contributed by atoms with Crippen LogP contribution < -0.4 is 10.6 Å². The number of amides is 2. The lowest BCUT2D eigenvalue weighted by Gasteiger charge is -2.22. The quantitative estimate of drug-likeness (QED) is 0.722. The Balaban J connectivity index is 1.65. The highest BCUT2D eigenvalue weighted by Gasteiger charge is 2.35. The van der Waals surface area contributed by atoms with E-state index in [1.165, 1.54) is 0 Å². The third-order valence-corrected chi connectivity index (χ3v) is 4.90. The van der Waals surface area contributed by atoms with Crippen molar-refractivity contribution in [1.82, 2.24) is 9.78 Å². The van der Waals surface area contributed by atoms with Gasteiger partial charge < -0.3 is 15.1 Å². The molecule has 0 fully saturated rings. The zero-order valence-corrected chi connectivity index (χ0v) is 15.3. The van der Waals surface area contributed by atoms with Gasteiger partial charge in [-0.05, 0) is 23.8 Å². The lowest BCUT2D eigenvalue weighted by atomic mass is 9.91. The van der Waals surface area contributed by atoms with Crippen molar-refractivity contribution in [2.75, 3.05) is 10.6 Å². The fourth-order valence-electron chi connectivity index (χ4n) is 3.30. The molecular weight excluding hydrogens is 368 g/mol. The number of halogens is 1. The number of hydrogen-bond donors (Lipinski definition) is 2. The van der Waals surface area contributed by atoms with Crippen LogP contribution in [0.4, 0.5) is 11.6 Å². The molecule has 1 unspecified atom stereocenters. The molecule has 0 saturated carbocycles. The third kappa shape index (κ3) is 3.33. The summed E-state index contributed by atoms with van der Waals surface area (Å²) in [6, 6.07) is 10.8. The maximum Gasteiger partial charge on any atom is 0.230 e. The van der Waals surface area contributed by atoms with E-state index in [1.54, 1.807) is 30.1 Å². The van der Waals surface area contributed by atoms with Gasteiger partial charge in [-0.1, -0.05) is 29.8 Å². The van der Waals surface area contributed by atoms with E-state index in [4.69, 9.17) is 16.0 Å². The molecule has 27 heavy (non-hydrogen) atoms. The molecule has 7 nitrogen and oxygen atoms in total. The highest BCUT2D eigenvalue weighted by atomic mass is 35.5. The summed E-state index contributed by atoms with van der Waals surface area (Å²) in [4.78, 5) is 24.7. The molecule has 3 aromatic rings. The molecule has 1 aliphatic rings. The molecule has 2 N–H and O–H groups in total. The lowest BCUT2D eigenvalue weighted by Crippen LogP contribution is -2.25. The first-order valence-corrected chi connectivity index (χ1v) is 8.84. The molecule has 1 aromatic carbocycles. The molecule has 0 bridgehead atoms. The van der Waals surface area contributed by atoms with E-state index in [9.17, 15) is 9.59 Å². The number of carbonyl (C=O) groups excluding carboxylic acids is 2. The van der Waals surface area contributed by atoms with E-state index in [2.05, 4.69) is 15.7 Å². The monoisotopic (exact) mass is 384 g/mol. The Morgan fingerprint density at radius 3 is 2.93 bits per heavy atom. The number of aryl methyl sites for hydroxylation is 1. The molecule has 2 amide bonds. The van der Waals surface area contributed by atoms with Crippen molar-refractivity contribution in [3.8, 4) is 0 Å². The van der Waals surface area contributed by atoms with E-state index < -0.39 is 0 Å². The average Bonchev–Trinajstić information content (AvgIpc) is 3.26. The standard InChI is InChI=1S/C19H17ClN4O3/c1-24-19-17(12(10-16(26)22-19)14-7-4-8-27-14)18(23-24)21-15(25)9-11-5-2-3-6-13(11)20/h2-8,12H,9-10H2,1H3,(H,22,26)(H,21,23,25). The number of hydrogen-bond acceptors (Lipinski definition) is 4. The number of aromatic nitrogens is 2. The first-order valence-electron chi connectivity index (χ1n) is 8.46. The summed E-state index contributed by atoms with van der Waals surface area (Å²) < 4.78 is 7.06. The Labute approximate surface area is 160 Å². The van der Waals surface area contributed by atoms with E-state index >= 15 is 0 Å². The highest BCUT2D eigenvalue weighted by molar-refractivity contribution is 6.31. The zero-order chi connectivity index (χ0) is 19.0. The van der Waals surface area contributed by atoms with Crippen molar-refractivity contribution in [2.45, 2.75) is 18.8 Å². The van der Waals surface area contributed by atoms with Crippen LogP contribution in [0.25, 0.3) is 0 Å². The number of anilines is 2. The van der Waals surface area contributed by atoms with E-state index in [-0.39, 0.29) is 30.6 Å². The van der Waals surface area contributed by atoms with Gasteiger partial charge in [-0.3, -0.25) is 14.3 Å². The first-order chi connectivity index (χ1) is 13.0. The van der Waals surface area contributed by atoms with Gasteiger partial charge in [-0.15, -0.1) is 0 Å². The number of fused-ring (bicyclic) bond motifs is 1. The second kappa shape index (κ2) is 6.92. The summed E-state index contributed by atoms with van der Waals surface area (Å²) in [5.74, 6) is 0.945. The Morgan fingerprint density at radius 1 is 1.37 bits per heavy atom. The number of benzene rings is 1. The topological polar surface area (TPSA) is 89.2 Å². The van der Waals surface area contributed by atoms with Crippen molar-refractivity contribution in [1.29, 1.82) is 0 Å². The Kier molecular flexibility index (Phi) is 4.45. The van der Waals surface area contributed by atoms with Crippen LogP contribution in [0.15, 0.2) is 47.1 Å². The lowest BCUT2D eigenvalue weighted by molar-refractivity contribution is -0.117. The summed E-state index contributed by atoms with van der Waals surface area (Å²) in [5.41, 5.74) is 1.47. The van der Waals surface area contributed by atoms with Gasteiger partial charge in [0.25, 0.3) is 0 Å². The van der Waals surface area contributed by atoms with Gasteiger partial charge in [-0.2, -0.15) is 5.10 Å². The SMILES string of the molecule is Cn1nc(NC(=O)Cc2ccccc2Cl)c2c1NC(=O)CC2c1ccco1. The Morgan fingerprint density at radius 2 is 2.19 bits per heavy atom. The van der Waals surface area contributed by atoms with Gasteiger partial charge in [0, 0.05) is 18.5 Å². The highest BCUT2D eigenvalue weighted by Crippen LogP contribution is 2.41. The normalized spacial score (nSPS) is 15.9. The molecule has 0 saturated heterocycles. The molecule has 4 rings (SSSR count). The summed E-state index contributed by atoms with van der Waals surface area (Å²) in [6.45, 7) is 0. The van der Waals surface area contributed by atoms with Gasteiger partial charge >= 0.3 is 0 Å². The first kappa shape index (κ1) is 17.4. The van der Waals surface area contributed by atoms with Gasteiger partial charge in [0.1, 0.15) is 11.6 Å². The largest absolute Gasteiger partial charge is 0.469 e. The van der Waals surface area contributed by atoms with Gasteiger partial charge in [-0.25, -0.2) is 0 Å². The van der Waals surface area contributed by atoms with Crippen LogP contribution in [0, 0.1) is 0 Å². The predicted octanol–water partition coefficient (Wildman–Crippen LogP) is 3.32. The van der Waals surface area contributed by atoms with Crippen molar-refractivity contribution < 1.29 is 14.0 Å². The molecule has 1 aliphatic heterocycles. The fourth-order valence-corrected chi connectivity index (χ4v) is 3.51. The van der Waals surface area contributed by atoms with Gasteiger partial charge in [0.15, 0.2) is 5.82 Å². The number of rotatable bonds is 4. The summed E-state index contributed by atoms with van der Waals surface area (Å²) >= 11 is 6.14. The number of furan rings is 1. The molecule has 138 valence electrons. The van der Waals surface area contributed by atoms with Crippen LogP contribution >= 0.6 is 11.6 Å². The van der Waals surface area contributed by atoms with E-state index in [0.29, 0.717) is 22.4 Å². The number of nitrogens with zero attached hydrogens (tertiary/aromatic N) is 2. The molecule has 3 heterocycles. The number of nitrogens with one attached hydrogen (secondary N) is 2. The van der Waals surface area contributed by atoms with Crippen molar-refractivity contribution in [2.24, 2.45) is 7.05 Å². The smallest absolute Gasteiger partial charge is 0.230 e. The zero-order valence-electron chi connectivity index (χ0n) is 14.5. The van der Waals surface area contributed by atoms with Crippen LogP contribution in [0.1, 0.15) is 29.2 Å². The summed E-state index contributed by atoms with van der Waals surface area (Å²) in [6.07, 6.45) is 1.91. The molecule has 1 atom stereocenters. The fraction of sp³-hybridized carbons (Fsp3) is 0.211. The molecule has 8 heteroatoms. The van der Waals surface area contributed by atoms with E-state index in [1.807, 2.05) is 24.3 Å². The summed E-state index contributed by atoms with van der Waals surface area (Å²) in [7, 11) is 1.72. The van der Waals surface area contributed by atoms with Crippen LogP contribution in [-0.2, 0) is 23.1 Å². The maximum absolute atomic E-state index is 12.6. The number of carbonyl (C=O) groups is 2. The summed E-state index contributed by atoms with van der Waals surface area (Å²) in [5, 5.41) is 10.6. The second-order valence-electron chi connectivity index (χ2n) is 6.37. The Bertz CT molecular complexity index is 1010. The molecule has 0 spiro atoms. The second-order valence-corrected chi connectivity index (χ2v) is 6.78. The Hall–Kier alpha value is -3.06. The van der Waals surface area contributed by atoms with E-state index in [0.717, 1.165) is 11.1 Å². The minimum absolute atomic E-state index is 0.124. The molecule has 0 radical (unpaired) electrons. The van der Waals surface area contributed by atoms with Crippen molar-refractivity contribution in [3.05, 3.63) is 64.6 Å². The van der Waals surface area contributed by atoms with Gasteiger partial charge in [0.05, 0.1) is 24.2 Å². The minimum atomic E-state index is -0.312. The average molecular weight is 385 g/mol. The van der Waals surface area contributed by atoms with Crippen LogP contribution in [0.3, 0.4) is 0 Å². The predicted molar refractivity (Wildman–Crippen MR) is 101 cm³/mol. The van der Waals surface area contributed by atoms with Crippen LogP contribution in [-0.4, -0.2) is 21.6 Å².